The summed E-state index contributed by atoms with van der Waals surface area (Å²) in [6.07, 6.45) is 12.1. The number of aryl methyl sites for hydroxylation is 1. The van der Waals surface area contributed by atoms with Crippen molar-refractivity contribution >= 4 is 0 Å². The minimum absolute atomic E-state index is 0.843. The van der Waals surface area contributed by atoms with Gasteiger partial charge in [0.1, 0.15) is 12.2 Å². The minimum atomic E-state index is 0.843. The van der Waals surface area contributed by atoms with Crippen LogP contribution in [0, 0.1) is 5.92 Å². The Morgan fingerprint density at radius 1 is 1.44 bits per heavy atom. The molecule has 1 heterocycles. The third-order valence-electron chi connectivity index (χ3n) is 3.04. The van der Waals surface area contributed by atoms with Gasteiger partial charge in [-0.2, -0.15) is 5.10 Å². The van der Waals surface area contributed by atoms with Crippen LogP contribution in [0.1, 0.15) is 31.5 Å². The number of aromatic amines is 1. The maximum absolute atomic E-state index is 4.10. The van der Waals surface area contributed by atoms with Gasteiger partial charge in [0.2, 0.25) is 0 Å². The molecule has 1 aromatic heterocycles. The first-order valence-electron chi connectivity index (χ1n) is 6.15. The summed E-state index contributed by atoms with van der Waals surface area (Å²) in [5, 5.41) is 10.2. The maximum Gasteiger partial charge on any atom is 0.137 e. The summed E-state index contributed by atoms with van der Waals surface area (Å²) in [7, 11) is 0. The zero-order valence-corrected chi connectivity index (χ0v) is 9.65. The molecule has 0 aromatic carbocycles. The monoisotopic (exact) mass is 220 g/mol. The van der Waals surface area contributed by atoms with Gasteiger partial charge in [-0.15, -0.1) is 0 Å². The van der Waals surface area contributed by atoms with E-state index in [0.717, 1.165) is 37.7 Å². The van der Waals surface area contributed by atoms with E-state index < -0.39 is 0 Å². The number of nitrogens with one attached hydrogen (secondary N) is 2. The Labute approximate surface area is 96.6 Å². The average molecular weight is 220 g/mol. The first-order chi connectivity index (χ1) is 7.95. The standard InChI is InChI=1S/C12H20N4/c1-2-5-11(6-3-1)9-13-8-4-7-12-14-10-15-16-12/h1-2,10-11,13H,3-9H2,(H,14,15,16). The fourth-order valence-electron chi connectivity index (χ4n) is 2.08. The van der Waals surface area contributed by atoms with Gasteiger partial charge in [-0.3, -0.25) is 5.10 Å². The molecule has 1 atom stereocenters. The summed E-state index contributed by atoms with van der Waals surface area (Å²) in [5.41, 5.74) is 0. The van der Waals surface area contributed by atoms with E-state index in [4.69, 9.17) is 0 Å². The molecule has 0 bridgehead atoms. The zero-order valence-electron chi connectivity index (χ0n) is 9.65. The van der Waals surface area contributed by atoms with Crippen molar-refractivity contribution in [2.24, 2.45) is 5.92 Å². The lowest BCUT2D eigenvalue weighted by Gasteiger charge is -2.17. The van der Waals surface area contributed by atoms with E-state index in [9.17, 15) is 0 Å². The van der Waals surface area contributed by atoms with Crippen molar-refractivity contribution in [1.82, 2.24) is 20.5 Å². The molecule has 0 spiro atoms. The largest absolute Gasteiger partial charge is 0.316 e. The minimum Gasteiger partial charge on any atom is -0.316 e. The van der Waals surface area contributed by atoms with Gasteiger partial charge in [0, 0.05) is 6.42 Å². The van der Waals surface area contributed by atoms with E-state index in [1.165, 1.54) is 19.3 Å². The summed E-state index contributed by atoms with van der Waals surface area (Å²) >= 11 is 0. The van der Waals surface area contributed by atoms with Crippen LogP contribution in [0.25, 0.3) is 0 Å². The van der Waals surface area contributed by atoms with Crippen molar-refractivity contribution in [2.45, 2.75) is 32.1 Å². The van der Waals surface area contributed by atoms with Crippen molar-refractivity contribution in [3.63, 3.8) is 0 Å². The molecule has 2 N–H and O–H groups in total. The van der Waals surface area contributed by atoms with Crippen molar-refractivity contribution < 1.29 is 0 Å². The summed E-state index contributed by atoms with van der Waals surface area (Å²) in [5.74, 6) is 1.83. The topological polar surface area (TPSA) is 53.6 Å². The quantitative estimate of drug-likeness (QED) is 0.566. The van der Waals surface area contributed by atoms with Gasteiger partial charge in [-0.1, -0.05) is 12.2 Å². The van der Waals surface area contributed by atoms with Gasteiger partial charge in [-0.05, 0) is 44.7 Å². The van der Waals surface area contributed by atoms with Gasteiger partial charge < -0.3 is 5.32 Å². The van der Waals surface area contributed by atoms with Crippen LogP contribution in [0.3, 0.4) is 0 Å². The number of allylic oxidation sites excluding steroid dienone is 2. The molecular formula is C12H20N4. The van der Waals surface area contributed by atoms with E-state index in [1.807, 2.05) is 0 Å². The highest BCUT2D eigenvalue weighted by Crippen LogP contribution is 2.16. The van der Waals surface area contributed by atoms with Crippen LogP contribution < -0.4 is 5.32 Å². The van der Waals surface area contributed by atoms with Gasteiger partial charge in [-0.25, -0.2) is 4.98 Å². The molecule has 0 saturated heterocycles. The summed E-state index contributed by atoms with van der Waals surface area (Å²) in [4.78, 5) is 4.10. The number of H-pyrrole nitrogens is 1. The van der Waals surface area contributed by atoms with Gasteiger partial charge in [0.05, 0.1) is 0 Å². The molecule has 1 aliphatic carbocycles. The second-order valence-electron chi connectivity index (χ2n) is 4.39. The summed E-state index contributed by atoms with van der Waals surface area (Å²) in [6, 6.07) is 0. The first kappa shape index (κ1) is 11.3. The highest BCUT2D eigenvalue weighted by Gasteiger charge is 2.08. The lowest BCUT2D eigenvalue weighted by molar-refractivity contribution is 0.438. The SMILES string of the molecule is C1=CCC(CNCCCc2ncn[nH]2)CC1. The second kappa shape index (κ2) is 6.43. The zero-order chi connectivity index (χ0) is 11.1. The molecule has 0 amide bonds. The summed E-state index contributed by atoms with van der Waals surface area (Å²) < 4.78 is 0. The Morgan fingerprint density at radius 3 is 3.19 bits per heavy atom. The molecule has 1 aromatic rings. The van der Waals surface area contributed by atoms with Crippen molar-refractivity contribution in [1.29, 1.82) is 0 Å². The molecular weight excluding hydrogens is 200 g/mol. The third kappa shape index (κ3) is 3.77. The number of nitrogens with zero attached hydrogens (tertiary/aromatic N) is 2. The molecule has 1 unspecified atom stereocenters. The van der Waals surface area contributed by atoms with Crippen molar-refractivity contribution in [3.8, 4) is 0 Å². The Bertz CT molecular complexity index is 305. The fraction of sp³-hybridized carbons (Fsp3) is 0.667. The first-order valence-corrected chi connectivity index (χ1v) is 6.15. The summed E-state index contributed by atoms with van der Waals surface area (Å²) in [6.45, 7) is 2.22. The predicted molar refractivity (Wildman–Crippen MR) is 64.1 cm³/mol. The van der Waals surface area contributed by atoms with E-state index in [1.54, 1.807) is 6.33 Å². The second-order valence-corrected chi connectivity index (χ2v) is 4.39. The molecule has 0 radical (unpaired) electrons. The predicted octanol–water partition coefficient (Wildman–Crippen LogP) is 1.68. The molecule has 4 nitrogen and oxygen atoms in total. The van der Waals surface area contributed by atoms with E-state index in [-0.39, 0.29) is 0 Å². The number of rotatable bonds is 6. The number of hydrogen-bond donors (Lipinski definition) is 2. The molecule has 88 valence electrons. The van der Waals surface area contributed by atoms with Crippen LogP contribution in [-0.4, -0.2) is 28.3 Å². The molecule has 16 heavy (non-hydrogen) atoms. The van der Waals surface area contributed by atoms with Gasteiger partial charge in [0.25, 0.3) is 0 Å². The Kier molecular flexibility index (Phi) is 4.55. The average Bonchev–Trinajstić information content (AvgIpc) is 2.83. The van der Waals surface area contributed by atoms with Gasteiger partial charge >= 0.3 is 0 Å². The Morgan fingerprint density at radius 2 is 2.44 bits per heavy atom. The van der Waals surface area contributed by atoms with E-state index in [0.29, 0.717) is 0 Å². The third-order valence-corrected chi connectivity index (χ3v) is 3.04. The Hall–Kier alpha value is -1.16. The lowest BCUT2D eigenvalue weighted by atomic mass is 9.94. The van der Waals surface area contributed by atoms with Crippen molar-refractivity contribution in [3.05, 3.63) is 24.3 Å². The molecule has 0 fully saturated rings. The molecule has 1 aliphatic rings. The highest BCUT2D eigenvalue weighted by atomic mass is 15.2. The highest BCUT2D eigenvalue weighted by molar-refractivity contribution is 4.90. The smallest absolute Gasteiger partial charge is 0.137 e. The lowest BCUT2D eigenvalue weighted by Crippen LogP contribution is -2.24. The van der Waals surface area contributed by atoms with Crippen LogP contribution >= 0.6 is 0 Å². The van der Waals surface area contributed by atoms with Crippen LogP contribution in [0.5, 0.6) is 0 Å². The molecule has 4 heteroatoms. The number of aromatic nitrogens is 3. The Balaban J connectivity index is 1.50. The molecule has 0 aliphatic heterocycles. The van der Waals surface area contributed by atoms with Crippen LogP contribution in [0.4, 0.5) is 0 Å². The molecule has 2 rings (SSSR count). The number of hydrogen-bond acceptors (Lipinski definition) is 3. The van der Waals surface area contributed by atoms with Crippen LogP contribution in [0.2, 0.25) is 0 Å². The van der Waals surface area contributed by atoms with Crippen molar-refractivity contribution in [2.75, 3.05) is 13.1 Å². The maximum atomic E-state index is 4.10. The fourth-order valence-corrected chi connectivity index (χ4v) is 2.08. The van der Waals surface area contributed by atoms with E-state index in [2.05, 4.69) is 32.7 Å². The van der Waals surface area contributed by atoms with Crippen LogP contribution in [0.15, 0.2) is 18.5 Å². The molecule has 0 saturated carbocycles. The van der Waals surface area contributed by atoms with Crippen LogP contribution in [-0.2, 0) is 6.42 Å². The van der Waals surface area contributed by atoms with Gasteiger partial charge in [0.15, 0.2) is 0 Å². The normalized spacial score (nSPS) is 20.1. The van der Waals surface area contributed by atoms with E-state index >= 15 is 0 Å².